The van der Waals surface area contributed by atoms with Gasteiger partial charge in [-0.25, -0.2) is 4.79 Å². The smallest absolute Gasteiger partial charge is 0.322 e. The van der Waals surface area contributed by atoms with Crippen molar-refractivity contribution in [3.05, 3.63) is 76.1 Å². The van der Waals surface area contributed by atoms with Crippen molar-refractivity contribution in [3.8, 4) is 0 Å². The van der Waals surface area contributed by atoms with Gasteiger partial charge >= 0.3 is 6.03 Å². The van der Waals surface area contributed by atoms with E-state index in [1.807, 2.05) is 60.4 Å². The molecule has 0 spiro atoms. The number of pyridine rings is 1. The molecule has 0 aliphatic heterocycles. The molecule has 0 radical (unpaired) electrons. The zero-order chi connectivity index (χ0) is 20.2. The van der Waals surface area contributed by atoms with Crippen LogP contribution in [-0.4, -0.2) is 22.0 Å². The van der Waals surface area contributed by atoms with E-state index in [1.165, 1.54) is 6.42 Å². The summed E-state index contributed by atoms with van der Waals surface area (Å²) in [5.74, 6) is 0. The van der Waals surface area contributed by atoms with Crippen LogP contribution in [0.4, 0.5) is 10.5 Å². The number of anilines is 1. The number of carbonyl (C=O) groups excluding carboxylic acids is 1. The highest BCUT2D eigenvalue weighted by Crippen LogP contribution is 2.25. The number of nitrogens with zero attached hydrogens (tertiary/aromatic N) is 1. The lowest BCUT2D eigenvalue weighted by Crippen LogP contribution is -2.44. The van der Waals surface area contributed by atoms with Gasteiger partial charge in [-0.3, -0.25) is 4.79 Å². The molecule has 0 unspecified atom stereocenters. The van der Waals surface area contributed by atoms with Gasteiger partial charge in [-0.05, 0) is 55.5 Å². The van der Waals surface area contributed by atoms with Crippen LogP contribution in [0.5, 0.6) is 0 Å². The van der Waals surface area contributed by atoms with E-state index in [0.29, 0.717) is 12.1 Å². The molecule has 1 fully saturated rings. The predicted octanol–water partition coefficient (Wildman–Crippen LogP) is 5.20. The Balaban J connectivity index is 1.64. The van der Waals surface area contributed by atoms with Crippen molar-refractivity contribution >= 4 is 22.6 Å². The number of hydrogen-bond acceptors (Lipinski definition) is 2. The van der Waals surface area contributed by atoms with Crippen molar-refractivity contribution in [1.82, 2.24) is 9.88 Å². The second kappa shape index (κ2) is 8.52. The van der Waals surface area contributed by atoms with Crippen LogP contribution < -0.4 is 10.9 Å². The summed E-state index contributed by atoms with van der Waals surface area (Å²) < 4.78 is 0. The fraction of sp³-hybridized carbons (Fsp3) is 0.333. The van der Waals surface area contributed by atoms with E-state index in [-0.39, 0.29) is 17.6 Å². The molecule has 4 rings (SSSR count). The maximum atomic E-state index is 13.1. The molecular weight excluding hydrogens is 362 g/mol. The van der Waals surface area contributed by atoms with Crippen molar-refractivity contribution in [2.75, 3.05) is 5.32 Å². The van der Waals surface area contributed by atoms with Gasteiger partial charge in [0.2, 0.25) is 0 Å². The molecule has 0 atom stereocenters. The summed E-state index contributed by atoms with van der Waals surface area (Å²) in [4.78, 5) is 30.7. The number of H-pyrrole nitrogens is 1. The minimum absolute atomic E-state index is 0.130. The predicted molar refractivity (Wildman–Crippen MR) is 117 cm³/mol. The third kappa shape index (κ3) is 4.50. The van der Waals surface area contributed by atoms with Crippen molar-refractivity contribution < 1.29 is 4.79 Å². The number of benzene rings is 2. The molecule has 2 aromatic carbocycles. The maximum Gasteiger partial charge on any atom is 0.322 e. The second-order valence-electron chi connectivity index (χ2n) is 7.93. The molecule has 5 nitrogen and oxygen atoms in total. The van der Waals surface area contributed by atoms with Crippen molar-refractivity contribution in [1.29, 1.82) is 0 Å². The van der Waals surface area contributed by atoms with Crippen LogP contribution in [0.15, 0.2) is 59.4 Å². The molecule has 5 heteroatoms. The first-order chi connectivity index (χ1) is 14.1. The number of amides is 2. The molecular formula is C24H27N3O2. The number of nitrogens with one attached hydrogen (secondary N) is 2. The van der Waals surface area contributed by atoms with Crippen molar-refractivity contribution in [3.63, 3.8) is 0 Å². The lowest BCUT2D eigenvalue weighted by molar-refractivity contribution is 0.162. The highest BCUT2D eigenvalue weighted by atomic mass is 16.2. The third-order valence-electron chi connectivity index (χ3n) is 5.72. The Labute approximate surface area is 170 Å². The van der Waals surface area contributed by atoms with Crippen LogP contribution in [0.2, 0.25) is 0 Å². The highest BCUT2D eigenvalue weighted by Gasteiger charge is 2.26. The molecule has 2 amide bonds. The van der Waals surface area contributed by atoms with Gasteiger partial charge in [0.15, 0.2) is 0 Å². The zero-order valence-corrected chi connectivity index (χ0v) is 16.8. The van der Waals surface area contributed by atoms with Crippen LogP contribution in [-0.2, 0) is 6.54 Å². The summed E-state index contributed by atoms with van der Waals surface area (Å²) in [6.07, 6.45) is 5.40. The molecule has 1 aromatic heterocycles. The molecule has 0 saturated heterocycles. The molecule has 2 N–H and O–H groups in total. The van der Waals surface area contributed by atoms with Crippen LogP contribution in [0.1, 0.15) is 43.2 Å². The molecule has 1 saturated carbocycles. The van der Waals surface area contributed by atoms with E-state index < -0.39 is 0 Å². The Morgan fingerprint density at radius 2 is 1.83 bits per heavy atom. The molecule has 3 aromatic rings. The van der Waals surface area contributed by atoms with E-state index >= 15 is 0 Å². The topological polar surface area (TPSA) is 65.2 Å². The van der Waals surface area contributed by atoms with E-state index in [1.54, 1.807) is 0 Å². The molecule has 1 heterocycles. The van der Waals surface area contributed by atoms with Gasteiger partial charge in [0.05, 0.1) is 6.54 Å². The summed E-state index contributed by atoms with van der Waals surface area (Å²) in [5, 5.41) is 3.99. The molecule has 1 aliphatic rings. The largest absolute Gasteiger partial charge is 0.322 e. The lowest BCUT2D eigenvalue weighted by atomic mass is 9.94. The first-order valence-corrected chi connectivity index (χ1v) is 10.4. The quantitative estimate of drug-likeness (QED) is 0.644. The van der Waals surface area contributed by atoms with E-state index in [4.69, 9.17) is 0 Å². The van der Waals surface area contributed by atoms with Crippen molar-refractivity contribution in [2.45, 2.75) is 51.6 Å². The normalized spacial score (nSPS) is 14.7. The lowest BCUT2D eigenvalue weighted by Gasteiger charge is -2.34. The number of hydrogen-bond donors (Lipinski definition) is 2. The standard InChI is InChI=1S/C24H27N3O2/c1-17-12-13-22-18(14-17)15-19(23(28)26-22)16-27(21-10-6-3-7-11-21)24(29)25-20-8-4-2-5-9-20/h2,4-5,8-9,12-15,21H,3,6-7,10-11,16H2,1H3,(H,25,29)(H,26,28). The van der Waals surface area contributed by atoms with Gasteiger partial charge in [0.25, 0.3) is 5.56 Å². The summed E-state index contributed by atoms with van der Waals surface area (Å²) >= 11 is 0. The number of aryl methyl sites for hydroxylation is 1. The second-order valence-corrected chi connectivity index (χ2v) is 7.93. The number of fused-ring (bicyclic) bond motifs is 1. The molecule has 150 valence electrons. The minimum Gasteiger partial charge on any atom is -0.322 e. The van der Waals surface area contributed by atoms with Crippen LogP contribution in [0.25, 0.3) is 10.9 Å². The Morgan fingerprint density at radius 1 is 1.07 bits per heavy atom. The van der Waals surface area contributed by atoms with Crippen LogP contribution in [0, 0.1) is 6.92 Å². The number of aromatic amines is 1. The number of urea groups is 1. The van der Waals surface area contributed by atoms with E-state index in [0.717, 1.165) is 47.8 Å². The fourth-order valence-corrected chi connectivity index (χ4v) is 4.15. The number of aromatic nitrogens is 1. The molecule has 0 bridgehead atoms. The average molecular weight is 389 g/mol. The summed E-state index contributed by atoms with van der Waals surface area (Å²) in [6.45, 7) is 2.34. The average Bonchev–Trinajstić information content (AvgIpc) is 2.73. The summed E-state index contributed by atoms with van der Waals surface area (Å²) in [6, 6.07) is 17.4. The number of rotatable bonds is 4. The minimum atomic E-state index is -0.146. The van der Waals surface area contributed by atoms with Crippen LogP contribution >= 0.6 is 0 Å². The fourth-order valence-electron chi connectivity index (χ4n) is 4.15. The highest BCUT2D eigenvalue weighted by molar-refractivity contribution is 5.89. The summed E-state index contributed by atoms with van der Waals surface area (Å²) in [5.41, 5.74) is 3.22. The van der Waals surface area contributed by atoms with Gasteiger partial charge in [0, 0.05) is 22.8 Å². The molecule has 1 aliphatic carbocycles. The Morgan fingerprint density at radius 3 is 2.59 bits per heavy atom. The van der Waals surface area contributed by atoms with Gasteiger partial charge in [0.1, 0.15) is 0 Å². The summed E-state index contributed by atoms with van der Waals surface area (Å²) in [7, 11) is 0. The Bertz CT molecular complexity index is 1050. The first-order valence-electron chi connectivity index (χ1n) is 10.4. The van der Waals surface area contributed by atoms with Crippen LogP contribution in [0.3, 0.4) is 0 Å². The Kier molecular flexibility index (Phi) is 5.65. The van der Waals surface area contributed by atoms with Gasteiger partial charge in [-0.2, -0.15) is 0 Å². The van der Waals surface area contributed by atoms with Crippen molar-refractivity contribution in [2.24, 2.45) is 0 Å². The third-order valence-corrected chi connectivity index (χ3v) is 5.72. The number of carbonyl (C=O) groups is 1. The Hall–Kier alpha value is -3.08. The SMILES string of the molecule is Cc1ccc2[nH]c(=O)c(CN(C(=O)Nc3ccccc3)C3CCCCC3)cc2c1. The number of para-hydroxylation sites is 1. The molecule has 29 heavy (non-hydrogen) atoms. The van der Waals surface area contributed by atoms with Gasteiger partial charge < -0.3 is 15.2 Å². The van der Waals surface area contributed by atoms with Gasteiger partial charge in [-0.15, -0.1) is 0 Å². The first kappa shape index (κ1) is 19.2. The zero-order valence-electron chi connectivity index (χ0n) is 16.8. The van der Waals surface area contributed by atoms with E-state index in [9.17, 15) is 9.59 Å². The van der Waals surface area contributed by atoms with E-state index in [2.05, 4.69) is 16.4 Å². The maximum absolute atomic E-state index is 13.1. The van der Waals surface area contributed by atoms with Gasteiger partial charge in [-0.1, -0.05) is 49.1 Å². The monoisotopic (exact) mass is 389 g/mol.